The van der Waals surface area contributed by atoms with Crippen LogP contribution in [0.2, 0.25) is 5.02 Å². The van der Waals surface area contributed by atoms with Crippen LogP contribution in [0.4, 0.5) is 0 Å². The van der Waals surface area contributed by atoms with Crippen molar-refractivity contribution in [1.82, 2.24) is 0 Å². The van der Waals surface area contributed by atoms with E-state index in [4.69, 9.17) is 16.7 Å². The van der Waals surface area contributed by atoms with Crippen LogP contribution in [0.5, 0.6) is 0 Å². The third-order valence-electron chi connectivity index (χ3n) is 3.53. The maximum absolute atomic E-state index is 12.4. The van der Waals surface area contributed by atoms with E-state index in [2.05, 4.69) is 6.92 Å². The SMILES string of the molecule is CCCCC(CC)CS(=O)(=O)c1ccc(Cl)c(C(=O)O)c1. The van der Waals surface area contributed by atoms with Crippen molar-refractivity contribution in [2.45, 2.75) is 44.4 Å². The van der Waals surface area contributed by atoms with Gasteiger partial charge in [-0.25, -0.2) is 13.2 Å². The first kappa shape index (κ1) is 18.0. The number of aromatic carboxylic acids is 1. The van der Waals surface area contributed by atoms with E-state index in [0.29, 0.717) is 0 Å². The van der Waals surface area contributed by atoms with Crippen LogP contribution >= 0.6 is 11.6 Å². The maximum Gasteiger partial charge on any atom is 0.337 e. The standard InChI is InChI=1S/C15H21ClO4S/c1-3-5-6-11(4-2)10-21(19,20)12-7-8-14(16)13(9-12)15(17)18/h7-9,11H,3-6,10H2,1-2H3,(H,17,18). The quantitative estimate of drug-likeness (QED) is 0.780. The van der Waals surface area contributed by atoms with Gasteiger partial charge in [0.2, 0.25) is 0 Å². The average molecular weight is 333 g/mol. The summed E-state index contributed by atoms with van der Waals surface area (Å²) in [6, 6.07) is 3.84. The van der Waals surface area contributed by atoms with Crippen molar-refractivity contribution in [3.05, 3.63) is 28.8 Å². The molecule has 0 aliphatic heterocycles. The first-order valence-electron chi connectivity index (χ1n) is 7.07. The van der Waals surface area contributed by atoms with Gasteiger partial charge in [-0.05, 0) is 30.5 Å². The van der Waals surface area contributed by atoms with E-state index in [9.17, 15) is 13.2 Å². The zero-order valence-electron chi connectivity index (χ0n) is 12.3. The van der Waals surface area contributed by atoms with Gasteiger partial charge < -0.3 is 5.11 Å². The van der Waals surface area contributed by atoms with Crippen molar-refractivity contribution in [3.8, 4) is 0 Å². The second-order valence-corrected chi connectivity index (χ2v) is 7.59. The Bertz CT molecular complexity index is 596. The number of carbonyl (C=O) groups is 1. The molecule has 0 amide bonds. The summed E-state index contributed by atoms with van der Waals surface area (Å²) in [6.45, 7) is 4.04. The van der Waals surface area contributed by atoms with E-state index in [1.807, 2.05) is 6.92 Å². The van der Waals surface area contributed by atoms with Crippen LogP contribution in [0.1, 0.15) is 49.9 Å². The Balaban J connectivity index is 3.02. The molecule has 0 bridgehead atoms. The summed E-state index contributed by atoms with van der Waals surface area (Å²) in [4.78, 5) is 11.1. The molecule has 0 fully saturated rings. The molecule has 1 aromatic rings. The largest absolute Gasteiger partial charge is 0.478 e. The molecule has 118 valence electrons. The molecule has 0 spiro atoms. The molecule has 4 nitrogen and oxygen atoms in total. The summed E-state index contributed by atoms with van der Waals surface area (Å²) in [6.07, 6.45) is 3.68. The van der Waals surface area contributed by atoms with Crippen molar-refractivity contribution >= 4 is 27.4 Å². The van der Waals surface area contributed by atoms with Crippen molar-refractivity contribution < 1.29 is 18.3 Å². The molecule has 1 atom stereocenters. The average Bonchev–Trinajstić information content (AvgIpc) is 2.43. The topological polar surface area (TPSA) is 71.4 Å². The third kappa shape index (κ3) is 5.00. The highest BCUT2D eigenvalue weighted by Crippen LogP contribution is 2.24. The normalized spacial score (nSPS) is 13.1. The van der Waals surface area contributed by atoms with Gasteiger partial charge in [0.1, 0.15) is 0 Å². The number of carboxylic acids is 1. The smallest absolute Gasteiger partial charge is 0.337 e. The van der Waals surface area contributed by atoms with Crippen LogP contribution in [0.25, 0.3) is 0 Å². The Morgan fingerprint density at radius 1 is 1.33 bits per heavy atom. The van der Waals surface area contributed by atoms with Crippen LogP contribution in [-0.4, -0.2) is 25.2 Å². The summed E-state index contributed by atoms with van der Waals surface area (Å²) in [7, 11) is -3.50. The zero-order valence-corrected chi connectivity index (χ0v) is 13.9. The Morgan fingerprint density at radius 2 is 2.00 bits per heavy atom. The van der Waals surface area contributed by atoms with Crippen LogP contribution in [0, 0.1) is 5.92 Å². The summed E-state index contributed by atoms with van der Waals surface area (Å²) in [5.41, 5.74) is -0.181. The van der Waals surface area contributed by atoms with Gasteiger partial charge in [-0.2, -0.15) is 0 Å². The van der Waals surface area contributed by atoms with E-state index >= 15 is 0 Å². The molecule has 1 N–H and O–H groups in total. The highest BCUT2D eigenvalue weighted by atomic mass is 35.5. The summed E-state index contributed by atoms with van der Waals surface area (Å²) in [5, 5.41) is 9.06. The first-order valence-corrected chi connectivity index (χ1v) is 9.10. The number of unbranched alkanes of at least 4 members (excludes halogenated alkanes) is 1. The van der Waals surface area contributed by atoms with Crippen molar-refractivity contribution in [2.75, 3.05) is 5.75 Å². The number of halogens is 1. The van der Waals surface area contributed by atoms with Crippen LogP contribution in [0.3, 0.4) is 0 Å². The monoisotopic (exact) mass is 332 g/mol. The molecule has 0 saturated carbocycles. The van der Waals surface area contributed by atoms with Crippen LogP contribution in [-0.2, 0) is 9.84 Å². The zero-order chi connectivity index (χ0) is 16.0. The second-order valence-electron chi connectivity index (χ2n) is 5.14. The first-order chi connectivity index (χ1) is 9.81. The van der Waals surface area contributed by atoms with Crippen molar-refractivity contribution in [3.63, 3.8) is 0 Å². The van der Waals surface area contributed by atoms with Gasteiger partial charge in [-0.3, -0.25) is 0 Å². The highest BCUT2D eigenvalue weighted by Gasteiger charge is 2.22. The van der Waals surface area contributed by atoms with Gasteiger partial charge in [0, 0.05) is 0 Å². The Labute approximate surface area is 131 Å². The van der Waals surface area contributed by atoms with Gasteiger partial charge in [0.25, 0.3) is 0 Å². The van der Waals surface area contributed by atoms with E-state index in [-0.39, 0.29) is 27.2 Å². The lowest BCUT2D eigenvalue weighted by molar-refractivity contribution is 0.0697. The molecular weight excluding hydrogens is 312 g/mol. The minimum Gasteiger partial charge on any atom is -0.478 e. The predicted molar refractivity (Wildman–Crippen MR) is 83.8 cm³/mol. The molecule has 1 rings (SSSR count). The molecule has 0 radical (unpaired) electrons. The van der Waals surface area contributed by atoms with E-state index in [0.717, 1.165) is 31.7 Å². The fourth-order valence-corrected chi connectivity index (χ4v) is 4.15. The molecule has 21 heavy (non-hydrogen) atoms. The lowest BCUT2D eigenvalue weighted by Crippen LogP contribution is -2.16. The molecule has 0 heterocycles. The van der Waals surface area contributed by atoms with Gasteiger partial charge in [0.05, 0.1) is 21.2 Å². The molecule has 0 aliphatic carbocycles. The minimum atomic E-state index is -3.50. The van der Waals surface area contributed by atoms with Crippen molar-refractivity contribution in [1.29, 1.82) is 0 Å². The fraction of sp³-hybridized carbons (Fsp3) is 0.533. The minimum absolute atomic E-state index is 0.0271. The second kappa shape index (κ2) is 7.80. The number of carboxylic acid groups (broad SMARTS) is 1. The molecule has 0 aliphatic rings. The summed E-state index contributed by atoms with van der Waals surface area (Å²) < 4.78 is 24.8. The lowest BCUT2D eigenvalue weighted by Gasteiger charge is -2.15. The lowest BCUT2D eigenvalue weighted by atomic mass is 10.0. The predicted octanol–water partition coefficient (Wildman–Crippen LogP) is 4.03. The molecule has 1 aromatic carbocycles. The van der Waals surface area contributed by atoms with Crippen LogP contribution < -0.4 is 0 Å². The van der Waals surface area contributed by atoms with E-state index in [1.54, 1.807) is 0 Å². The van der Waals surface area contributed by atoms with Crippen molar-refractivity contribution in [2.24, 2.45) is 5.92 Å². The Hall–Kier alpha value is -1.07. The molecule has 0 saturated heterocycles. The van der Waals surface area contributed by atoms with E-state index in [1.165, 1.54) is 12.1 Å². The summed E-state index contributed by atoms with van der Waals surface area (Å²) >= 11 is 5.77. The fourth-order valence-electron chi connectivity index (χ4n) is 2.17. The Morgan fingerprint density at radius 3 is 2.52 bits per heavy atom. The molecule has 6 heteroatoms. The molecule has 1 unspecified atom stereocenters. The van der Waals surface area contributed by atoms with E-state index < -0.39 is 15.8 Å². The highest BCUT2D eigenvalue weighted by molar-refractivity contribution is 7.91. The van der Waals surface area contributed by atoms with Gasteiger partial charge in [0.15, 0.2) is 9.84 Å². The molecular formula is C15H21ClO4S. The number of rotatable bonds is 8. The number of sulfone groups is 1. The number of hydrogen-bond acceptors (Lipinski definition) is 3. The van der Waals surface area contributed by atoms with Gasteiger partial charge >= 0.3 is 5.97 Å². The van der Waals surface area contributed by atoms with Gasteiger partial charge in [-0.15, -0.1) is 0 Å². The third-order valence-corrected chi connectivity index (χ3v) is 5.74. The Kier molecular flexibility index (Phi) is 6.68. The number of benzene rings is 1. The van der Waals surface area contributed by atoms with Gasteiger partial charge in [-0.1, -0.05) is 44.7 Å². The molecule has 0 aromatic heterocycles. The maximum atomic E-state index is 12.4. The summed E-state index contributed by atoms with van der Waals surface area (Å²) in [5.74, 6) is -1.08. The number of hydrogen-bond donors (Lipinski definition) is 1. The van der Waals surface area contributed by atoms with Crippen LogP contribution in [0.15, 0.2) is 23.1 Å².